The molecule has 1 saturated heterocycles. The number of nitrogens with zero attached hydrogens (tertiary/aromatic N) is 6. The first-order chi connectivity index (χ1) is 16.3. The molecule has 4 aromatic rings. The van der Waals surface area contributed by atoms with Crippen molar-refractivity contribution in [2.24, 2.45) is 12.8 Å². The number of benzene rings is 2. The summed E-state index contributed by atoms with van der Waals surface area (Å²) in [5, 5.41) is 5.60. The molecule has 2 aromatic heterocycles. The second-order valence-corrected chi connectivity index (χ2v) is 8.52. The van der Waals surface area contributed by atoms with Crippen molar-refractivity contribution in [3.63, 3.8) is 0 Å². The predicted molar refractivity (Wildman–Crippen MR) is 129 cm³/mol. The van der Waals surface area contributed by atoms with Crippen molar-refractivity contribution < 1.29 is 14.3 Å². The summed E-state index contributed by atoms with van der Waals surface area (Å²) in [6.07, 6.45) is 1.64. The maximum absolute atomic E-state index is 12.4. The molecule has 0 atom stereocenters. The van der Waals surface area contributed by atoms with E-state index in [4.69, 9.17) is 10.5 Å². The lowest BCUT2D eigenvalue weighted by Gasteiger charge is -2.34. The number of ether oxygens (including phenoxy) is 1. The quantitative estimate of drug-likeness (QED) is 0.452. The van der Waals surface area contributed by atoms with Crippen LogP contribution in [0.2, 0.25) is 0 Å². The summed E-state index contributed by atoms with van der Waals surface area (Å²) in [6, 6.07) is 9.28. The van der Waals surface area contributed by atoms with Crippen molar-refractivity contribution in [1.82, 2.24) is 24.6 Å². The third-order valence-electron chi connectivity index (χ3n) is 6.18. The third-order valence-corrected chi connectivity index (χ3v) is 6.18. The normalized spacial score (nSPS) is 14.6. The Morgan fingerprint density at radius 2 is 1.82 bits per heavy atom. The topological polar surface area (TPSA) is 119 Å². The molecular formula is C24H25N7O3. The van der Waals surface area contributed by atoms with Crippen LogP contribution in [0, 0.1) is 0 Å². The fraction of sp³-hybridized carbons (Fsp3) is 0.292. The molecule has 0 unspecified atom stereocenters. The molecule has 34 heavy (non-hydrogen) atoms. The van der Waals surface area contributed by atoms with Crippen LogP contribution in [-0.2, 0) is 7.05 Å². The van der Waals surface area contributed by atoms with Crippen LogP contribution in [0.3, 0.4) is 0 Å². The van der Waals surface area contributed by atoms with Gasteiger partial charge in [-0.05, 0) is 38.2 Å². The third kappa shape index (κ3) is 3.81. The standard InChI is InChI=1S/C24H25N7O3/c1-14(32)18-12-16(31-10-8-29(2)9-11-31)5-7-19(18)34-24-26-13-15-4-6-17-21(23(25)33)28-30(3)22(17)20(15)27-24/h4-7,12-13H,8-11H2,1-3H3,(H2,25,33). The van der Waals surface area contributed by atoms with Crippen LogP contribution >= 0.6 is 0 Å². The largest absolute Gasteiger partial charge is 0.424 e. The number of likely N-dealkylation sites (N-methyl/N-ethyl adjacent to an activating group) is 1. The van der Waals surface area contributed by atoms with Crippen molar-refractivity contribution in [3.8, 4) is 11.8 Å². The number of anilines is 1. The Labute approximate surface area is 195 Å². The maximum Gasteiger partial charge on any atom is 0.322 e. The van der Waals surface area contributed by atoms with Gasteiger partial charge in [-0.1, -0.05) is 6.07 Å². The number of aryl methyl sites for hydroxylation is 1. The Morgan fingerprint density at radius 3 is 2.53 bits per heavy atom. The molecule has 1 fully saturated rings. The zero-order chi connectivity index (χ0) is 24.0. The molecule has 1 aliphatic rings. The number of ketones is 1. The van der Waals surface area contributed by atoms with Gasteiger partial charge >= 0.3 is 6.01 Å². The summed E-state index contributed by atoms with van der Waals surface area (Å²) >= 11 is 0. The average molecular weight is 460 g/mol. The molecule has 3 heterocycles. The fourth-order valence-corrected chi connectivity index (χ4v) is 4.31. The number of amides is 1. The maximum atomic E-state index is 12.4. The number of carbonyl (C=O) groups excluding carboxylic acids is 2. The number of aromatic nitrogens is 4. The molecule has 0 saturated carbocycles. The Bertz CT molecular complexity index is 1440. The summed E-state index contributed by atoms with van der Waals surface area (Å²) < 4.78 is 7.56. The Morgan fingerprint density at radius 1 is 1.06 bits per heavy atom. The van der Waals surface area contributed by atoms with Crippen LogP contribution < -0.4 is 15.4 Å². The molecule has 0 spiro atoms. The minimum absolute atomic E-state index is 0.0941. The van der Waals surface area contributed by atoms with Gasteiger partial charge in [0.25, 0.3) is 5.91 Å². The van der Waals surface area contributed by atoms with Crippen molar-refractivity contribution in [3.05, 3.63) is 47.8 Å². The minimum Gasteiger partial charge on any atom is -0.424 e. The van der Waals surface area contributed by atoms with E-state index < -0.39 is 5.91 Å². The summed E-state index contributed by atoms with van der Waals surface area (Å²) in [7, 11) is 3.83. The number of piperazine rings is 1. The van der Waals surface area contributed by atoms with E-state index in [1.54, 1.807) is 36.1 Å². The number of carbonyl (C=O) groups is 2. The van der Waals surface area contributed by atoms with Gasteiger partial charge in [0, 0.05) is 55.9 Å². The Balaban J connectivity index is 1.53. The number of Topliss-reactive ketones (excluding diaryl/α,β-unsaturated/α-hetero) is 1. The van der Waals surface area contributed by atoms with Gasteiger partial charge in [0.1, 0.15) is 11.3 Å². The molecule has 1 amide bonds. The minimum atomic E-state index is -0.609. The van der Waals surface area contributed by atoms with E-state index in [2.05, 4.69) is 31.9 Å². The van der Waals surface area contributed by atoms with Crippen LogP contribution in [0.4, 0.5) is 5.69 Å². The first kappa shape index (κ1) is 21.8. The zero-order valence-electron chi connectivity index (χ0n) is 19.3. The fourth-order valence-electron chi connectivity index (χ4n) is 4.31. The van der Waals surface area contributed by atoms with E-state index in [-0.39, 0.29) is 17.5 Å². The first-order valence-electron chi connectivity index (χ1n) is 11.0. The summed E-state index contributed by atoms with van der Waals surface area (Å²) in [6.45, 7) is 5.25. The van der Waals surface area contributed by atoms with Crippen molar-refractivity contribution in [2.45, 2.75) is 6.92 Å². The highest BCUT2D eigenvalue weighted by Crippen LogP contribution is 2.31. The summed E-state index contributed by atoms with van der Waals surface area (Å²) in [5.41, 5.74) is 8.33. The number of fused-ring (bicyclic) bond motifs is 3. The number of rotatable bonds is 5. The second kappa shape index (κ2) is 8.38. The molecular weight excluding hydrogens is 434 g/mol. The molecule has 5 rings (SSSR count). The van der Waals surface area contributed by atoms with E-state index in [0.717, 1.165) is 37.3 Å². The smallest absolute Gasteiger partial charge is 0.322 e. The molecule has 0 radical (unpaired) electrons. The first-order valence-corrected chi connectivity index (χ1v) is 11.0. The van der Waals surface area contributed by atoms with Crippen LogP contribution in [-0.4, -0.2) is 69.6 Å². The van der Waals surface area contributed by atoms with Crippen LogP contribution in [0.5, 0.6) is 11.8 Å². The van der Waals surface area contributed by atoms with Gasteiger partial charge < -0.3 is 20.3 Å². The van der Waals surface area contributed by atoms with Crippen molar-refractivity contribution in [2.75, 3.05) is 38.1 Å². The molecule has 10 nitrogen and oxygen atoms in total. The van der Waals surface area contributed by atoms with E-state index in [1.807, 2.05) is 12.1 Å². The molecule has 2 N–H and O–H groups in total. The summed E-state index contributed by atoms with van der Waals surface area (Å²) in [4.78, 5) is 37.7. The van der Waals surface area contributed by atoms with Gasteiger partial charge in [-0.3, -0.25) is 14.3 Å². The lowest BCUT2D eigenvalue weighted by Crippen LogP contribution is -2.44. The van der Waals surface area contributed by atoms with E-state index in [9.17, 15) is 9.59 Å². The van der Waals surface area contributed by atoms with Gasteiger partial charge in [0.2, 0.25) is 0 Å². The van der Waals surface area contributed by atoms with Crippen LogP contribution in [0.1, 0.15) is 27.8 Å². The van der Waals surface area contributed by atoms with E-state index >= 15 is 0 Å². The molecule has 2 aromatic carbocycles. The highest BCUT2D eigenvalue weighted by molar-refractivity contribution is 6.11. The molecule has 174 valence electrons. The van der Waals surface area contributed by atoms with Gasteiger partial charge in [0.15, 0.2) is 11.5 Å². The van der Waals surface area contributed by atoms with E-state index in [1.165, 1.54) is 6.92 Å². The highest BCUT2D eigenvalue weighted by Gasteiger charge is 2.20. The molecule has 0 aliphatic carbocycles. The molecule has 1 aliphatic heterocycles. The highest BCUT2D eigenvalue weighted by atomic mass is 16.5. The van der Waals surface area contributed by atoms with Gasteiger partial charge in [-0.15, -0.1) is 0 Å². The zero-order valence-corrected chi connectivity index (χ0v) is 19.3. The SMILES string of the molecule is CC(=O)c1cc(N2CCN(C)CC2)ccc1Oc1ncc2ccc3c(C(N)=O)nn(C)c3c2n1. The van der Waals surface area contributed by atoms with Gasteiger partial charge in [0.05, 0.1) is 11.1 Å². The van der Waals surface area contributed by atoms with Crippen LogP contribution in [0.15, 0.2) is 36.5 Å². The van der Waals surface area contributed by atoms with Crippen molar-refractivity contribution >= 4 is 39.2 Å². The summed E-state index contributed by atoms with van der Waals surface area (Å²) in [5.74, 6) is -0.325. The van der Waals surface area contributed by atoms with Gasteiger partial charge in [-0.2, -0.15) is 10.1 Å². The van der Waals surface area contributed by atoms with E-state index in [0.29, 0.717) is 27.7 Å². The number of primary amides is 1. The second-order valence-electron chi connectivity index (χ2n) is 8.52. The lowest BCUT2D eigenvalue weighted by atomic mass is 10.1. The van der Waals surface area contributed by atoms with Gasteiger partial charge in [-0.25, -0.2) is 4.98 Å². The lowest BCUT2D eigenvalue weighted by molar-refractivity contribution is 0.0992. The average Bonchev–Trinajstić information content (AvgIpc) is 3.17. The molecule has 0 bridgehead atoms. The monoisotopic (exact) mass is 459 g/mol. The van der Waals surface area contributed by atoms with Crippen LogP contribution in [0.25, 0.3) is 21.8 Å². The number of nitrogens with two attached hydrogens (primary N) is 1. The Kier molecular flexibility index (Phi) is 5.37. The Hall–Kier alpha value is -4.05. The number of hydrogen-bond donors (Lipinski definition) is 1. The predicted octanol–water partition coefficient (Wildman–Crippen LogP) is 2.36. The molecule has 10 heteroatoms. The number of hydrogen-bond acceptors (Lipinski definition) is 8. The van der Waals surface area contributed by atoms with Crippen molar-refractivity contribution in [1.29, 1.82) is 0 Å².